The van der Waals surface area contributed by atoms with Crippen molar-refractivity contribution >= 4 is 23.4 Å². The summed E-state index contributed by atoms with van der Waals surface area (Å²) in [7, 11) is 0. The minimum absolute atomic E-state index is 0.0614. The van der Waals surface area contributed by atoms with Crippen LogP contribution in [-0.4, -0.2) is 18.7 Å². The number of carbonyl (C=O) groups is 1. The van der Waals surface area contributed by atoms with E-state index in [1.807, 2.05) is 30.5 Å². The van der Waals surface area contributed by atoms with E-state index in [-0.39, 0.29) is 23.7 Å². The van der Waals surface area contributed by atoms with Gasteiger partial charge in [0, 0.05) is 17.1 Å². The number of amides is 1. The first-order chi connectivity index (χ1) is 11.2. The topological polar surface area (TPSA) is 53.2 Å². The maximum absolute atomic E-state index is 13.1. The number of rotatable bonds is 4. The Morgan fingerprint density at radius 2 is 1.87 bits per heavy atom. The molecular weight excluding hydrogens is 313 g/mol. The number of benzene rings is 2. The predicted octanol–water partition coefficient (Wildman–Crippen LogP) is 2.95. The number of carbonyl (C=O) groups excluding carboxylic acids is 1. The van der Waals surface area contributed by atoms with Gasteiger partial charge in [0.15, 0.2) is 0 Å². The molecule has 0 aliphatic carbocycles. The third kappa shape index (κ3) is 3.72. The molecule has 0 aromatic heterocycles. The van der Waals surface area contributed by atoms with Gasteiger partial charge in [0.25, 0.3) is 0 Å². The smallest absolute Gasteiger partial charge is 0.230 e. The Morgan fingerprint density at radius 1 is 1.17 bits per heavy atom. The van der Waals surface area contributed by atoms with E-state index in [4.69, 9.17) is 0 Å². The highest BCUT2D eigenvalue weighted by atomic mass is 32.2. The van der Waals surface area contributed by atoms with Crippen LogP contribution >= 0.6 is 11.8 Å². The van der Waals surface area contributed by atoms with Crippen LogP contribution in [0.4, 0.5) is 10.1 Å². The van der Waals surface area contributed by atoms with Gasteiger partial charge in [0.05, 0.1) is 12.0 Å². The molecule has 1 aliphatic rings. The molecule has 1 saturated heterocycles. The molecule has 1 aliphatic heterocycles. The zero-order valence-corrected chi connectivity index (χ0v) is 13.5. The molecule has 2 unspecified atom stereocenters. The van der Waals surface area contributed by atoms with Crippen molar-refractivity contribution < 1.29 is 9.18 Å². The molecular formula is C17H18FN3OS. The van der Waals surface area contributed by atoms with Crippen molar-refractivity contribution in [2.75, 3.05) is 18.1 Å². The van der Waals surface area contributed by atoms with Gasteiger partial charge in [-0.05, 0) is 48.2 Å². The Balaban J connectivity index is 1.71. The van der Waals surface area contributed by atoms with Crippen LogP contribution in [0, 0.1) is 11.7 Å². The fourth-order valence-electron chi connectivity index (χ4n) is 2.64. The van der Waals surface area contributed by atoms with Crippen molar-refractivity contribution in [3.05, 3.63) is 59.9 Å². The van der Waals surface area contributed by atoms with E-state index in [0.29, 0.717) is 6.54 Å². The van der Waals surface area contributed by atoms with Crippen LogP contribution in [0.1, 0.15) is 11.6 Å². The highest BCUT2D eigenvalue weighted by Crippen LogP contribution is 2.26. The number of thioether (sulfide) groups is 1. The molecule has 1 fully saturated rings. The molecule has 23 heavy (non-hydrogen) atoms. The van der Waals surface area contributed by atoms with E-state index in [9.17, 15) is 9.18 Å². The van der Waals surface area contributed by atoms with Gasteiger partial charge in [0.1, 0.15) is 5.82 Å². The summed E-state index contributed by atoms with van der Waals surface area (Å²) in [6.07, 6.45) is 2.01. The van der Waals surface area contributed by atoms with Crippen LogP contribution in [-0.2, 0) is 4.79 Å². The van der Waals surface area contributed by atoms with Gasteiger partial charge in [-0.1, -0.05) is 12.1 Å². The van der Waals surface area contributed by atoms with Crippen LogP contribution in [0.15, 0.2) is 53.4 Å². The highest BCUT2D eigenvalue weighted by Gasteiger charge is 2.33. The summed E-state index contributed by atoms with van der Waals surface area (Å²) in [4.78, 5) is 13.7. The third-order valence-corrected chi connectivity index (χ3v) is 4.65. The Kier molecular flexibility index (Phi) is 4.95. The molecule has 1 heterocycles. The van der Waals surface area contributed by atoms with Gasteiger partial charge < -0.3 is 5.32 Å². The van der Waals surface area contributed by atoms with Gasteiger partial charge >= 0.3 is 0 Å². The summed E-state index contributed by atoms with van der Waals surface area (Å²) >= 11 is 1.66. The Hall–Kier alpha value is -1.89. The first-order valence-electron chi connectivity index (χ1n) is 7.36. The summed E-state index contributed by atoms with van der Waals surface area (Å²) < 4.78 is 13.1. The minimum Gasteiger partial charge on any atom is -0.326 e. The van der Waals surface area contributed by atoms with Crippen LogP contribution < -0.4 is 16.2 Å². The number of hydrazine groups is 1. The summed E-state index contributed by atoms with van der Waals surface area (Å²) in [5.41, 5.74) is 7.76. The lowest BCUT2D eigenvalue weighted by Gasteiger charge is -2.18. The first-order valence-corrected chi connectivity index (χ1v) is 8.58. The molecule has 3 rings (SSSR count). The molecule has 1 amide bonds. The lowest BCUT2D eigenvalue weighted by molar-refractivity contribution is -0.119. The summed E-state index contributed by atoms with van der Waals surface area (Å²) in [6, 6.07) is 13.8. The van der Waals surface area contributed by atoms with Crippen molar-refractivity contribution in [1.29, 1.82) is 0 Å². The van der Waals surface area contributed by atoms with E-state index in [1.165, 1.54) is 12.1 Å². The van der Waals surface area contributed by atoms with Gasteiger partial charge in [-0.3, -0.25) is 10.2 Å². The summed E-state index contributed by atoms with van der Waals surface area (Å²) in [5, 5.41) is 2.94. The van der Waals surface area contributed by atoms with Crippen molar-refractivity contribution in [1.82, 2.24) is 10.9 Å². The lowest BCUT2D eigenvalue weighted by atomic mass is 9.94. The molecule has 2 atom stereocenters. The summed E-state index contributed by atoms with van der Waals surface area (Å²) in [5.74, 6) is -0.607. The maximum Gasteiger partial charge on any atom is 0.230 e. The number of anilines is 1. The van der Waals surface area contributed by atoms with Gasteiger partial charge in [-0.15, -0.1) is 11.8 Å². The van der Waals surface area contributed by atoms with E-state index in [2.05, 4.69) is 16.2 Å². The standard InChI is InChI=1S/C17H18FN3OS/c1-23-14-8-6-13(7-9-14)20-17(22)15-10-19-21-16(15)11-2-4-12(18)5-3-11/h2-9,15-16,19,21H,10H2,1H3,(H,20,22). The number of halogens is 1. The number of hydrogen-bond donors (Lipinski definition) is 3. The number of hydrogen-bond acceptors (Lipinski definition) is 4. The third-order valence-electron chi connectivity index (χ3n) is 3.91. The zero-order chi connectivity index (χ0) is 16.2. The molecule has 120 valence electrons. The fraction of sp³-hybridized carbons (Fsp3) is 0.235. The predicted molar refractivity (Wildman–Crippen MR) is 90.6 cm³/mol. The fourth-order valence-corrected chi connectivity index (χ4v) is 3.04. The lowest BCUT2D eigenvalue weighted by Crippen LogP contribution is -2.29. The molecule has 0 radical (unpaired) electrons. The average molecular weight is 331 g/mol. The van der Waals surface area contributed by atoms with Crippen molar-refractivity contribution in [3.8, 4) is 0 Å². The molecule has 3 N–H and O–H groups in total. The van der Waals surface area contributed by atoms with E-state index in [1.54, 1.807) is 23.9 Å². The molecule has 6 heteroatoms. The second kappa shape index (κ2) is 7.12. The molecule has 4 nitrogen and oxygen atoms in total. The van der Waals surface area contributed by atoms with Crippen LogP contribution in [0.25, 0.3) is 0 Å². The van der Waals surface area contributed by atoms with Gasteiger partial charge in [-0.25, -0.2) is 9.82 Å². The molecule has 0 spiro atoms. The SMILES string of the molecule is CSc1ccc(NC(=O)C2CNNC2c2ccc(F)cc2)cc1. The average Bonchev–Trinajstić information content (AvgIpc) is 3.06. The maximum atomic E-state index is 13.1. The second-order valence-electron chi connectivity index (χ2n) is 5.38. The first kappa shape index (κ1) is 16.0. The van der Waals surface area contributed by atoms with Crippen molar-refractivity contribution in [3.63, 3.8) is 0 Å². The Bertz CT molecular complexity index is 675. The van der Waals surface area contributed by atoms with Crippen molar-refractivity contribution in [2.24, 2.45) is 5.92 Å². The van der Waals surface area contributed by atoms with E-state index < -0.39 is 0 Å². The normalized spacial score (nSPS) is 20.4. The minimum atomic E-state index is -0.283. The van der Waals surface area contributed by atoms with Crippen LogP contribution in [0.3, 0.4) is 0 Å². The second-order valence-corrected chi connectivity index (χ2v) is 6.26. The largest absolute Gasteiger partial charge is 0.326 e. The molecule has 0 saturated carbocycles. The summed E-state index contributed by atoms with van der Waals surface area (Å²) in [6.45, 7) is 0.525. The van der Waals surface area contributed by atoms with Crippen molar-refractivity contribution in [2.45, 2.75) is 10.9 Å². The van der Waals surface area contributed by atoms with E-state index in [0.717, 1.165) is 16.1 Å². The Morgan fingerprint density at radius 3 is 2.52 bits per heavy atom. The molecule has 2 aromatic carbocycles. The van der Waals surface area contributed by atoms with Gasteiger partial charge in [-0.2, -0.15) is 0 Å². The molecule has 2 aromatic rings. The highest BCUT2D eigenvalue weighted by molar-refractivity contribution is 7.98. The van der Waals surface area contributed by atoms with Crippen LogP contribution in [0.5, 0.6) is 0 Å². The zero-order valence-electron chi connectivity index (χ0n) is 12.7. The number of nitrogens with one attached hydrogen (secondary N) is 3. The Labute approximate surface area is 138 Å². The quantitative estimate of drug-likeness (QED) is 0.754. The van der Waals surface area contributed by atoms with Gasteiger partial charge in [0.2, 0.25) is 5.91 Å². The van der Waals surface area contributed by atoms with Crippen LogP contribution in [0.2, 0.25) is 0 Å². The van der Waals surface area contributed by atoms with E-state index >= 15 is 0 Å². The monoisotopic (exact) mass is 331 g/mol. The molecule has 0 bridgehead atoms.